The Hall–Kier alpha value is -1.09. The second-order valence-corrected chi connectivity index (χ2v) is 7.77. The molecular weight excluding hydrogens is 252 g/mol. The molecule has 0 bridgehead atoms. The van der Waals surface area contributed by atoms with Gasteiger partial charge in [-0.15, -0.1) is 0 Å². The minimum Gasteiger partial charge on any atom is -0.353 e. The highest BCUT2D eigenvalue weighted by Crippen LogP contribution is 2.25. The van der Waals surface area contributed by atoms with Crippen LogP contribution in [-0.2, 0) is 14.6 Å². The summed E-state index contributed by atoms with van der Waals surface area (Å²) in [6, 6.07) is 2.03. The van der Waals surface area contributed by atoms with Crippen molar-refractivity contribution in [1.29, 1.82) is 5.26 Å². The third kappa shape index (κ3) is 3.45. The van der Waals surface area contributed by atoms with Crippen molar-refractivity contribution in [2.24, 2.45) is 5.41 Å². The van der Waals surface area contributed by atoms with E-state index in [0.29, 0.717) is 12.8 Å². The average molecular weight is 274 g/mol. The van der Waals surface area contributed by atoms with Crippen LogP contribution >= 0.6 is 0 Å². The van der Waals surface area contributed by atoms with Crippen LogP contribution in [-0.4, -0.2) is 31.9 Å². The van der Waals surface area contributed by atoms with Gasteiger partial charge in [0.05, 0.1) is 10.8 Å². The highest BCUT2D eigenvalue weighted by Gasteiger charge is 2.37. The largest absolute Gasteiger partial charge is 0.353 e. The molecule has 5 nitrogen and oxygen atoms in total. The van der Waals surface area contributed by atoms with Crippen LogP contribution in [0.1, 0.15) is 40.5 Å². The van der Waals surface area contributed by atoms with Crippen molar-refractivity contribution in [2.45, 2.75) is 45.3 Å². The van der Waals surface area contributed by atoms with Crippen LogP contribution in [0.5, 0.6) is 0 Å². The van der Waals surface area contributed by atoms with Gasteiger partial charge in [0.2, 0.25) is 5.91 Å². The van der Waals surface area contributed by atoms with Crippen LogP contribution in [0, 0.1) is 16.7 Å². The molecule has 0 radical (unpaired) electrons. The topological polar surface area (TPSA) is 87.0 Å². The summed E-state index contributed by atoms with van der Waals surface area (Å²) in [5.41, 5.74) is -1.06. The van der Waals surface area contributed by atoms with E-state index in [-0.39, 0.29) is 6.54 Å². The second kappa shape index (κ2) is 5.70. The molecular formula is C12H22N2O3S. The van der Waals surface area contributed by atoms with Gasteiger partial charge >= 0.3 is 0 Å². The van der Waals surface area contributed by atoms with Crippen LogP contribution in [0.2, 0.25) is 0 Å². The first kappa shape index (κ1) is 16.9. The van der Waals surface area contributed by atoms with E-state index in [0.717, 1.165) is 6.26 Å². The van der Waals surface area contributed by atoms with Crippen molar-refractivity contribution in [3.63, 3.8) is 0 Å². The summed E-state index contributed by atoms with van der Waals surface area (Å²) in [6.45, 7) is 6.65. The number of sulfone groups is 1. The molecule has 0 aliphatic rings. The highest BCUT2D eigenvalue weighted by atomic mass is 32.2. The fourth-order valence-corrected chi connectivity index (χ4v) is 1.71. The van der Waals surface area contributed by atoms with Crippen LogP contribution < -0.4 is 5.32 Å². The summed E-state index contributed by atoms with van der Waals surface area (Å²) in [5.74, 6) is -0.397. The van der Waals surface area contributed by atoms with E-state index < -0.39 is 25.9 Å². The number of nitrogens with one attached hydrogen (secondary N) is 1. The highest BCUT2D eigenvalue weighted by molar-refractivity contribution is 7.92. The third-order valence-corrected chi connectivity index (χ3v) is 5.69. The maximum atomic E-state index is 12.0. The Kier molecular flexibility index (Phi) is 5.35. The lowest BCUT2D eigenvalue weighted by atomic mass is 9.83. The van der Waals surface area contributed by atoms with Crippen molar-refractivity contribution in [3.8, 4) is 6.07 Å². The van der Waals surface area contributed by atoms with Crippen molar-refractivity contribution >= 4 is 15.7 Å². The molecule has 6 heteroatoms. The first-order chi connectivity index (χ1) is 8.06. The molecule has 0 heterocycles. The van der Waals surface area contributed by atoms with Gasteiger partial charge in [0.25, 0.3) is 0 Å². The number of hydrogen-bond acceptors (Lipinski definition) is 4. The molecule has 0 spiro atoms. The molecule has 0 rings (SSSR count). The molecule has 0 atom stereocenters. The van der Waals surface area contributed by atoms with Gasteiger partial charge in [0.15, 0.2) is 9.84 Å². The van der Waals surface area contributed by atoms with E-state index in [2.05, 4.69) is 5.32 Å². The molecule has 0 aromatic rings. The van der Waals surface area contributed by atoms with E-state index in [1.165, 1.54) is 0 Å². The summed E-state index contributed by atoms with van der Waals surface area (Å²) >= 11 is 0. The fraction of sp³-hybridized carbons (Fsp3) is 0.833. The summed E-state index contributed by atoms with van der Waals surface area (Å²) in [7, 11) is -3.26. The van der Waals surface area contributed by atoms with Crippen molar-refractivity contribution in [2.75, 3.05) is 12.8 Å². The first-order valence-electron chi connectivity index (χ1n) is 5.95. The van der Waals surface area contributed by atoms with Gasteiger partial charge in [-0.25, -0.2) is 8.42 Å². The van der Waals surface area contributed by atoms with Gasteiger partial charge in [-0.3, -0.25) is 4.79 Å². The molecule has 104 valence electrons. The maximum absolute atomic E-state index is 12.0. The number of amides is 1. The predicted molar refractivity (Wildman–Crippen MR) is 70.6 cm³/mol. The summed E-state index contributed by atoms with van der Waals surface area (Å²) in [4.78, 5) is 12.0. The molecule has 0 aromatic heterocycles. The molecule has 0 saturated heterocycles. The van der Waals surface area contributed by atoms with Crippen molar-refractivity contribution in [3.05, 3.63) is 0 Å². The normalized spacial score (nSPS) is 12.9. The van der Waals surface area contributed by atoms with E-state index in [1.54, 1.807) is 27.7 Å². The molecule has 18 heavy (non-hydrogen) atoms. The number of carbonyl (C=O) groups is 1. The molecule has 0 aliphatic carbocycles. The van der Waals surface area contributed by atoms with E-state index in [4.69, 9.17) is 5.26 Å². The Bertz CT molecular complexity index is 442. The SMILES string of the molecule is CCC(C#N)(CC)C(=O)NCC(C)(C)S(C)(=O)=O. The van der Waals surface area contributed by atoms with Crippen LogP contribution in [0.15, 0.2) is 0 Å². The minimum atomic E-state index is -3.26. The quantitative estimate of drug-likeness (QED) is 0.789. The van der Waals surface area contributed by atoms with Crippen LogP contribution in [0.25, 0.3) is 0 Å². The number of nitrogens with zero attached hydrogens (tertiary/aromatic N) is 1. The van der Waals surface area contributed by atoms with Crippen LogP contribution in [0.3, 0.4) is 0 Å². The zero-order valence-corrected chi connectivity index (χ0v) is 12.5. The van der Waals surface area contributed by atoms with Crippen LogP contribution in [0.4, 0.5) is 0 Å². The molecule has 1 amide bonds. The number of hydrogen-bond donors (Lipinski definition) is 1. The minimum absolute atomic E-state index is 0.00803. The Morgan fingerprint density at radius 3 is 2.00 bits per heavy atom. The second-order valence-electron chi connectivity index (χ2n) is 5.12. The van der Waals surface area contributed by atoms with Gasteiger partial charge in [-0.1, -0.05) is 13.8 Å². The molecule has 0 saturated carbocycles. The molecule has 0 aliphatic heterocycles. The van der Waals surface area contributed by atoms with Crippen molar-refractivity contribution < 1.29 is 13.2 Å². The maximum Gasteiger partial charge on any atom is 0.240 e. The lowest BCUT2D eigenvalue weighted by Gasteiger charge is -2.27. The van der Waals surface area contributed by atoms with E-state index >= 15 is 0 Å². The van der Waals surface area contributed by atoms with E-state index in [1.807, 2.05) is 6.07 Å². The molecule has 0 unspecified atom stereocenters. The summed E-state index contributed by atoms with van der Waals surface area (Å²) < 4.78 is 22.0. The standard InChI is InChI=1S/C12H22N2O3S/c1-6-12(7-2,8-13)10(15)14-9-11(3,4)18(5,16)17/h6-7,9H2,1-5H3,(H,14,15). The van der Waals surface area contributed by atoms with Crippen molar-refractivity contribution in [1.82, 2.24) is 5.32 Å². The van der Waals surface area contributed by atoms with Gasteiger partial charge in [0, 0.05) is 12.8 Å². The van der Waals surface area contributed by atoms with Gasteiger partial charge < -0.3 is 5.32 Å². The van der Waals surface area contributed by atoms with E-state index in [9.17, 15) is 13.2 Å². The number of nitriles is 1. The Morgan fingerprint density at radius 1 is 1.28 bits per heavy atom. The molecule has 0 fully saturated rings. The third-order valence-electron chi connectivity index (χ3n) is 3.53. The Balaban J connectivity index is 4.87. The lowest BCUT2D eigenvalue weighted by Crippen LogP contribution is -2.48. The molecule has 0 aromatic carbocycles. The monoisotopic (exact) mass is 274 g/mol. The zero-order valence-electron chi connectivity index (χ0n) is 11.7. The Morgan fingerprint density at radius 2 is 1.72 bits per heavy atom. The molecule has 1 N–H and O–H groups in total. The van der Waals surface area contributed by atoms with Gasteiger partial charge in [0.1, 0.15) is 5.41 Å². The smallest absolute Gasteiger partial charge is 0.240 e. The summed E-state index contributed by atoms with van der Waals surface area (Å²) in [6.07, 6.45) is 1.95. The van der Waals surface area contributed by atoms with Gasteiger partial charge in [-0.05, 0) is 26.7 Å². The lowest BCUT2D eigenvalue weighted by molar-refractivity contribution is -0.128. The number of rotatable bonds is 6. The van der Waals surface area contributed by atoms with Gasteiger partial charge in [-0.2, -0.15) is 5.26 Å². The first-order valence-corrected chi connectivity index (χ1v) is 7.84. The Labute approximate surface area is 109 Å². The zero-order chi connectivity index (χ0) is 14.6. The predicted octanol–water partition coefficient (Wildman–Crippen LogP) is 1.26. The number of carbonyl (C=O) groups excluding carboxylic acids is 1. The summed E-state index contributed by atoms with van der Waals surface area (Å²) in [5, 5.41) is 11.7. The fourth-order valence-electron chi connectivity index (χ4n) is 1.37. The average Bonchev–Trinajstić information content (AvgIpc) is 2.28.